The minimum Gasteiger partial charge on any atom is -0.493 e. The molecule has 6 bridgehead atoms. The number of likely N-dealkylation sites (N-methyl/N-ethyl adjacent to an activating group) is 2. The van der Waals surface area contributed by atoms with Gasteiger partial charge in [-0.1, -0.05) is 24.3 Å². The fourth-order valence-corrected chi connectivity index (χ4v) is 7.23. The third kappa shape index (κ3) is 5.38. The van der Waals surface area contributed by atoms with E-state index in [0.29, 0.717) is 23.0 Å². The molecule has 0 saturated heterocycles. The molecule has 7 heteroatoms. The van der Waals surface area contributed by atoms with Gasteiger partial charge in [-0.05, 0) is 116 Å². The summed E-state index contributed by atoms with van der Waals surface area (Å²) in [6.45, 7) is 4.00. The van der Waals surface area contributed by atoms with Crippen LogP contribution in [0.25, 0.3) is 0 Å². The topological polar surface area (TPSA) is 52.6 Å². The summed E-state index contributed by atoms with van der Waals surface area (Å²) in [4.78, 5) is 4.85. The van der Waals surface area contributed by atoms with Crippen LogP contribution in [0.3, 0.4) is 0 Å². The van der Waals surface area contributed by atoms with Crippen LogP contribution in [-0.4, -0.2) is 58.3 Å². The van der Waals surface area contributed by atoms with E-state index < -0.39 is 0 Å². The fourth-order valence-electron chi connectivity index (χ4n) is 7.23. The summed E-state index contributed by atoms with van der Waals surface area (Å²) in [5.41, 5.74) is 8.43. The molecule has 4 heterocycles. The van der Waals surface area contributed by atoms with Gasteiger partial charge in [0.1, 0.15) is 11.5 Å². The zero-order valence-corrected chi connectivity index (χ0v) is 27.1. The number of fused-ring (bicyclic) bond motifs is 2. The largest absolute Gasteiger partial charge is 0.493 e. The maximum Gasteiger partial charge on any atom is 0.204 e. The lowest BCUT2D eigenvalue weighted by molar-refractivity contribution is 0.220. The minimum atomic E-state index is 0.0415. The Labute approximate surface area is 266 Å². The molecule has 4 aliphatic rings. The Bertz CT molecular complexity index is 1730. The Morgan fingerprint density at radius 2 is 1.33 bits per heavy atom. The van der Waals surface area contributed by atoms with Crippen molar-refractivity contribution in [3.8, 4) is 40.2 Å². The molecule has 45 heavy (non-hydrogen) atoms. The lowest BCUT2D eigenvalue weighted by Gasteiger charge is -2.37. The van der Waals surface area contributed by atoms with Gasteiger partial charge in [0.05, 0.1) is 21.3 Å². The Balaban J connectivity index is 1.47. The van der Waals surface area contributed by atoms with Crippen LogP contribution in [0.4, 0.5) is 0 Å². The predicted octanol–water partition coefficient (Wildman–Crippen LogP) is 7.46. The number of ether oxygens (including phenoxy) is 5. The molecule has 4 aromatic rings. The van der Waals surface area contributed by atoms with Crippen LogP contribution in [0.15, 0.2) is 60.7 Å². The number of methoxy groups -OCH3 is 3. The standard InChI is InChI=1S/C38H42N2O5/c1-23-7-8-25-18-31-36-27(14-16-40(31)3)21-35(42-5)37(43-6)38(36)45-34-22-29-26(20-33(34)41-4)13-15-39(2)30(29)17-24-9-11-28(12-10-24)44-32(23)19-25/h7-12,19-22,30-31H,13-18H2,1-6H3/t30?,31-/m0/s1. The highest BCUT2D eigenvalue weighted by Gasteiger charge is 2.34. The van der Waals surface area contributed by atoms with E-state index in [1.807, 2.05) is 0 Å². The molecule has 0 aromatic heterocycles. The molecule has 234 valence electrons. The van der Waals surface area contributed by atoms with E-state index in [4.69, 9.17) is 23.7 Å². The summed E-state index contributed by atoms with van der Waals surface area (Å²) >= 11 is 0. The SMILES string of the molecule is COc1cc2c3cc1Oc1c(OC)c(OC)cc4c1[C@H](Cc1ccc(C)c(c1)Oc1ccc(cc1)CC3N(C)CC2)N(C)CC4. The summed E-state index contributed by atoms with van der Waals surface area (Å²) < 4.78 is 31.4. The van der Waals surface area contributed by atoms with Gasteiger partial charge in [-0.2, -0.15) is 0 Å². The number of hydrogen-bond donors (Lipinski definition) is 0. The van der Waals surface area contributed by atoms with Crippen molar-refractivity contribution in [3.05, 3.63) is 99.6 Å². The monoisotopic (exact) mass is 606 g/mol. The first kappa shape index (κ1) is 29.5. The molecule has 4 aromatic carbocycles. The first-order chi connectivity index (χ1) is 21.9. The Hall–Kier alpha value is -4.20. The number of aryl methyl sites for hydroxylation is 1. The average Bonchev–Trinajstić information content (AvgIpc) is 3.05. The van der Waals surface area contributed by atoms with Gasteiger partial charge >= 0.3 is 0 Å². The Kier molecular flexibility index (Phi) is 7.84. The van der Waals surface area contributed by atoms with Gasteiger partial charge < -0.3 is 23.7 Å². The van der Waals surface area contributed by atoms with Crippen molar-refractivity contribution in [3.63, 3.8) is 0 Å². The third-order valence-corrected chi connectivity index (χ3v) is 9.87. The first-order valence-electron chi connectivity index (χ1n) is 15.8. The molecule has 7 nitrogen and oxygen atoms in total. The first-order valence-corrected chi connectivity index (χ1v) is 15.8. The number of hydrogen-bond acceptors (Lipinski definition) is 7. The number of nitrogens with zero attached hydrogens (tertiary/aromatic N) is 2. The van der Waals surface area contributed by atoms with E-state index in [9.17, 15) is 0 Å². The van der Waals surface area contributed by atoms with Crippen molar-refractivity contribution in [2.24, 2.45) is 0 Å². The molecule has 0 spiro atoms. The van der Waals surface area contributed by atoms with Gasteiger partial charge in [0.2, 0.25) is 5.75 Å². The summed E-state index contributed by atoms with van der Waals surface area (Å²) in [5.74, 6) is 5.06. The van der Waals surface area contributed by atoms with E-state index in [1.165, 1.54) is 27.8 Å². The molecule has 8 rings (SSSR count). The summed E-state index contributed by atoms with van der Waals surface area (Å²) in [6, 6.07) is 21.8. The van der Waals surface area contributed by atoms with Gasteiger partial charge in [0, 0.05) is 30.7 Å². The van der Waals surface area contributed by atoms with Crippen LogP contribution in [-0.2, 0) is 25.7 Å². The van der Waals surface area contributed by atoms with Gasteiger partial charge in [-0.15, -0.1) is 0 Å². The molecule has 0 fully saturated rings. The van der Waals surface area contributed by atoms with Crippen molar-refractivity contribution in [2.45, 2.75) is 44.7 Å². The van der Waals surface area contributed by atoms with Crippen molar-refractivity contribution in [1.29, 1.82) is 0 Å². The zero-order chi connectivity index (χ0) is 31.2. The molecule has 4 aliphatic heterocycles. The van der Waals surface area contributed by atoms with Crippen LogP contribution >= 0.6 is 0 Å². The van der Waals surface area contributed by atoms with E-state index in [-0.39, 0.29) is 12.1 Å². The van der Waals surface area contributed by atoms with Gasteiger partial charge in [0.15, 0.2) is 23.0 Å². The van der Waals surface area contributed by atoms with Crippen molar-refractivity contribution < 1.29 is 23.7 Å². The van der Waals surface area contributed by atoms with Crippen LogP contribution in [0.2, 0.25) is 0 Å². The average molecular weight is 607 g/mol. The molecule has 2 atom stereocenters. The van der Waals surface area contributed by atoms with Crippen molar-refractivity contribution in [2.75, 3.05) is 48.5 Å². The maximum atomic E-state index is 7.03. The summed E-state index contributed by atoms with van der Waals surface area (Å²) in [6.07, 6.45) is 3.48. The van der Waals surface area contributed by atoms with Gasteiger partial charge in [-0.3, -0.25) is 9.80 Å². The lowest BCUT2D eigenvalue weighted by Crippen LogP contribution is -2.34. The fraction of sp³-hybridized carbons (Fsp3) is 0.368. The molecule has 1 unspecified atom stereocenters. The minimum absolute atomic E-state index is 0.0415. The lowest BCUT2D eigenvalue weighted by atomic mass is 9.87. The molecule has 0 N–H and O–H groups in total. The van der Waals surface area contributed by atoms with Crippen molar-refractivity contribution >= 4 is 0 Å². The second-order valence-corrected chi connectivity index (χ2v) is 12.6. The Morgan fingerprint density at radius 3 is 2.07 bits per heavy atom. The molecule has 0 aliphatic carbocycles. The molecule has 0 radical (unpaired) electrons. The molecular weight excluding hydrogens is 564 g/mol. The zero-order valence-electron chi connectivity index (χ0n) is 27.1. The van der Waals surface area contributed by atoms with Gasteiger partial charge in [0.25, 0.3) is 0 Å². The van der Waals surface area contributed by atoms with Crippen LogP contribution in [0.1, 0.15) is 51.0 Å². The van der Waals surface area contributed by atoms with Crippen LogP contribution in [0.5, 0.6) is 40.2 Å². The highest BCUT2D eigenvalue weighted by atomic mass is 16.5. The molecule has 0 amide bonds. The highest BCUT2D eigenvalue weighted by Crippen LogP contribution is 2.51. The van der Waals surface area contributed by atoms with Gasteiger partial charge in [-0.25, -0.2) is 0 Å². The number of rotatable bonds is 3. The van der Waals surface area contributed by atoms with Crippen LogP contribution in [0, 0.1) is 6.92 Å². The van der Waals surface area contributed by atoms with E-state index >= 15 is 0 Å². The quantitative estimate of drug-likeness (QED) is 0.240. The van der Waals surface area contributed by atoms with E-state index in [2.05, 4.69) is 91.5 Å². The number of benzene rings is 4. The second kappa shape index (κ2) is 12.0. The van der Waals surface area contributed by atoms with Crippen molar-refractivity contribution in [1.82, 2.24) is 9.80 Å². The predicted molar refractivity (Wildman–Crippen MR) is 176 cm³/mol. The van der Waals surface area contributed by atoms with Crippen LogP contribution < -0.4 is 23.7 Å². The summed E-state index contributed by atoms with van der Waals surface area (Å²) in [7, 11) is 9.48. The second-order valence-electron chi connectivity index (χ2n) is 12.6. The Morgan fingerprint density at radius 1 is 0.667 bits per heavy atom. The normalized spacial score (nSPS) is 19.4. The molecular formula is C38H42N2O5. The van der Waals surface area contributed by atoms with E-state index in [1.54, 1.807) is 21.3 Å². The maximum absolute atomic E-state index is 7.03. The summed E-state index contributed by atoms with van der Waals surface area (Å²) in [5, 5.41) is 0. The molecule has 0 saturated carbocycles. The smallest absolute Gasteiger partial charge is 0.204 e. The highest BCUT2D eigenvalue weighted by molar-refractivity contribution is 5.63. The third-order valence-electron chi connectivity index (χ3n) is 9.87. The van der Waals surface area contributed by atoms with E-state index in [0.717, 1.165) is 67.1 Å².